The minimum absolute atomic E-state index is 0.182. The van der Waals surface area contributed by atoms with Gasteiger partial charge in [0.05, 0.1) is 5.56 Å². The molecule has 3 rings (SSSR count). The van der Waals surface area contributed by atoms with Crippen LogP contribution in [0.5, 0.6) is 5.75 Å². The first-order chi connectivity index (χ1) is 13.4. The number of halogens is 1. The predicted octanol–water partition coefficient (Wildman–Crippen LogP) is 4.86. The fraction of sp³-hybridized carbons (Fsp3) is 0.0455. The number of esters is 1. The van der Waals surface area contributed by atoms with Gasteiger partial charge in [0.15, 0.2) is 5.78 Å². The van der Waals surface area contributed by atoms with Crippen molar-refractivity contribution in [3.05, 3.63) is 94.0 Å². The molecule has 0 saturated carbocycles. The average Bonchev–Trinajstić information content (AvgIpc) is 2.69. The number of amides is 1. The van der Waals surface area contributed by atoms with E-state index >= 15 is 0 Å². The number of hydrogen-bond donors (Lipinski definition) is 1. The van der Waals surface area contributed by atoms with Crippen LogP contribution >= 0.6 is 15.9 Å². The van der Waals surface area contributed by atoms with Crippen LogP contribution in [0, 0.1) is 0 Å². The van der Waals surface area contributed by atoms with Crippen LogP contribution in [0.1, 0.15) is 33.2 Å². The van der Waals surface area contributed by atoms with Crippen LogP contribution in [-0.2, 0) is 4.79 Å². The van der Waals surface area contributed by atoms with Crippen molar-refractivity contribution >= 4 is 39.3 Å². The molecule has 0 aliphatic carbocycles. The number of rotatable bonds is 5. The summed E-state index contributed by atoms with van der Waals surface area (Å²) < 4.78 is 6.26. The van der Waals surface area contributed by atoms with Gasteiger partial charge < -0.3 is 10.1 Å². The van der Waals surface area contributed by atoms with Gasteiger partial charge in [0.1, 0.15) is 5.75 Å². The van der Waals surface area contributed by atoms with E-state index in [2.05, 4.69) is 21.2 Å². The predicted molar refractivity (Wildman–Crippen MR) is 110 cm³/mol. The summed E-state index contributed by atoms with van der Waals surface area (Å²) in [6, 6.07) is 19.8. The van der Waals surface area contributed by atoms with Crippen LogP contribution in [-0.4, -0.2) is 17.7 Å². The maximum Gasteiger partial charge on any atom is 0.344 e. The lowest BCUT2D eigenvalue weighted by Gasteiger charge is -2.10. The van der Waals surface area contributed by atoms with E-state index < -0.39 is 5.97 Å². The van der Waals surface area contributed by atoms with Crippen molar-refractivity contribution < 1.29 is 19.1 Å². The van der Waals surface area contributed by atoms with E-state index in [1.54, 1.807) is 72.8 Å². The summed E-state index contributed by atoms with van der Waals surface area (Å²) in [6.07, 6.45) is 0. The van der Waals surface area contributed by atoms with Gasteiger partial charge in [-0.05, 0) is 54.6 Å². The Labute approximate surface area is 170 Å². The first-order valence-corrected chi connectivity index (χ1v) is 9.22. The van der Waals surface area contributed by atoms with Crippen LogP contribution in [0.15, 0.2) is 77.3 Å². The highest BCUT2D eigenvalue weighted by atomic mass is 79.9. The second-order valence-corrected chi connectivity index (χ2v) is 6.89. The van der Waals surface area contributed by atoms with E-state index in [9.17, 15) is 14.4 Å². The number of carbonyl (C=O) groups excluding carboxylic acids is 3. The number of anilines is 1. The first-order valence-electron chi connectivity index (χ1n) is 8.43. The molecule has 0 unspecified atom stereocenters. The van der Waals surface area contributed by atoms with Crippen molar-refractivity contribution in [2.45, 2.75) is 6.92 Å². The van der Waals surface area contributed by atoms with E-state index in [4.69, 9.17) is 4.74 Å². The number of nitrogens with one attached hydrogen (secondary N) is 1. The lowest BCUT2D eigenvalue weighted by Crippen LogP contribution is -2.15. The zero-order valence-electron chi connectivity index (χ0n) is 14.9. The van der Waals surface area contributed by atoms with E-state index in [0.717, 1.165) is 4.47 Å². The highest BCUT2D eigenvalue weighted by Gasteiger charge is 2.19. The lowest BCUT2D eigenvalue weighted by atomic mass is 9.98. The van der Waals surface area contributed by atoms with Gasteiger partial charge in [0.2, 0.25) is 5.91 Å². The maximum atomic E-state index is 12.8. The molecule has 5 nitrogen and oxygen atoms in total. The van der Waals surface area contributed by atoms with Crippen LogP contribution in [0.2, 0.25) is 0 Å². The van der Waals surface area contributed by atoms with Crippen molar-refractivity contribution in [2.24, 2.45) is 0 Å². The quantitative estimate of drug-likeness (QED) is 0.351. The molecule has 1 amide bonds. The third kappa shape index (κ3) is 4.72. The summed E-state index contributed by atoms with van der Waals surface area (Å²) in [5.41, 5.74) is 1.52. The Hall–Kier alpha value is -3.25. The molecule has 0 fully saturated rings. The SMILES string of the molecule is CC(=O)Nc1ccc(OC(=O)c2ccccc2C(=O)c2ccc(Br)cc2)cc1. The third-order valence-electron chi connectivity index (χ3n) is 3.88. The van der Waals surface area contributed by atoms with Crippen molar-refractivity contribution in [1.82, 2.24) is 0 Å². The first kappa shape index (κ1) is 19.5. The van der Waals surface area contributed by atoms with Crippen LogP contribution in [0.25, 0.3) is 0 Å². The molecule has 0 aromatic heterocycles. The fourth-order valence-corrected chi connectivity index (χ4v) is 2.85. The van der Waals surface area contributed by atoms with E-state index in [1.807, 2.05) is 0 Å². The number of ether oxygens (including phenoxy) is 1. The van der Waals surface area contributed by atoms with Gasteiger partial charge in [-0.15, -0.1) is 0 Å². The normalized spacial score (nSPS) is 10.2. The van der Waals surface area contributed by atoms with Crippen LogP contribution in [0.3, 0.4) is 0 Å². The lowest BCUT2D eigenvalue weighted by molar-refractivity contribution is -0.114. The van der Waals surface area contributed by atoms with Crippen molar-refractivity contribution in [2.75, 3.05) is 5.32 Å². The van der Waals surface area contributed by atoms with Gasteiger partial charge in [0.25, 0.3) is 0 Å². The maximum absolute atomic E-state index is 12.8. The van der Waals surface area contributed by atoms with Crippen molar-refractivity contribution in [1.29, 1.82) is 0 Å². The largest absolute Gasteiger partial charge is 0.423 e. The second kappa shape index (κ2) is 8.63. The molecule has 0 heterocycles. The van der Waals surface area contributed by atoms with Gasteiger partial charge in [-0.1, -0.05) is 34.1 Å². The number of ketones is 1. The summed E-state index contributed by atoms with van der Waals surface area (Å²) in [6.45, 7) is 1.41. The summed E-state index contributed by atoms with van der Waals surface area (Å²) in [5.74, 6) is -0.774. The molecule has 0 saturated heterocycles. The summed E-state index contributed by atoms with van der Waals surface area (Å²) >= 11 is 3.34. The number of hydrogen-bond acceptors (Lipinski definition) is 4. The van der Waals surface area contributed by atoms with Crippen LogP contribution < -0.4 is 10.1 Å². The van der Waals surface area contributed by atoms with Crippen molar-refractivity contribution in [3.8, 4) is 5.75 Å². The highest BCUT2D eigenvalue weighted by Crippen LogP contribution is 2.21. The Morgan fingerprint density at radius 3 is 2.04 bits per heavy atom. The van der Waals surface area contributed by atoms with Gasteiger partial charge in [0, 0.05) is 28.2 Å². The molecular formula is C22H16BrNO4. The van der Waals surface area contributed by atoms with Gasteiger partial charge in [-0.2, -0.15) is 0 Å². The molecule has 0 aliphatic rings. The molecule has 0 bridgehead atoms. The van der Waals surface area contributed by atoms with Gasteiger partial charge in [-0.25, -0.2) is 4.79 Å². The topological polar surface area (TPSA) is 72.5 Å². The van der Waals surface area contributed by atoms with Crippen molar-refractivity contribution in [3.63, 3.8) is 0 Å². The Morgan fingerprint density at radius 1 is 0.821 bits per heavy atom. The average molecular weight is 438 g/mol. The smallest absolute Gasteiger partial charge is 0.344 e. The summed E-state index contributed by atoms with van der Waals surface area (Å²) in [5, 5.41) is 2.64. The Morgan fingerprint density at radius 2 is 1.43 bits per heavy atom. The minimum Gasteiger partial charge on any atom is -0.423 e. The Kier molecular flexibility index (Phi) is 6.01. The Balaban J connectivity index is 1.82. The van der Waals surface area contributed by atoms with Gasteiger partial charge in [-0.3, -0.25) is 9.59 Å². The molecule has 0 aliphatic heterocycles. The molecule has 140 valence electrons. The molecule has 0 radical (unpaired) electrons. The molecule has 0 atom stereocenters. The molecule has 28 heavy (non-hydrogen) atoms. The molecule has 0 spiro atoms. The molecular weight excluding hydrogens is 422 g/mol. The van der Waals surface area contributed by atoms with Crippen LogP contribution in [0.4, 0.5) is 5.69 Å². The van der Waals surface area contributed by atoms with Gasteiger partial charge >= 0.3 is 5.97 Å². The number of benzene rings is 3. The summed E-state index contributed by atoms with van der Waals surface area (Å²) in [4.78, 5) is 36.5. The second-order valence-electron chi connectivity index (χ2n) is 5.98. The molecule has 3 aromatic rings. The van der Waals surface area contributed by atoms with E-state index in [1.165, 1.54) is 6.92 Å². The molecule has 6 heteroatoms. The minimum atomic E-state index is -0.631. The van der Waals surface area contributed by atoms with E-state index in [-0.39, 0.29) is 22.8 Å². The zero-order valence-corrected chi connectivity index (χ0v) is 16.5. The Bertz CT molecular complexity index is 1030. The summed E-state index contributed by atoms with van der Waals surface area (Å²) in [7, 11) is 0. The van der Waals surface area contributed by atoms with E-state index in [0.29, 0.717) is 17.0 Å². The highest BCUT2D eigenvalue weighted by molar-refractivity contribution is 9.10. The molecule has 3 aromatic carbocycles. The molecule has 1 N–H and O–H groups in total. The number of carbonyl (C=O) groups is 3. The zero-order chi connectivity index (χ0) is 20.1. The standard InChI is InChI=1S/C22H16BrNO4/c1-14(25)24-17-10-12-18(13-11-17)28-22(27)20-5-3-2-4-19(20)21(26)15-6-8-16(23)9-7-15/h2-13H,1H3,(H,24,25). The third-order valence-corrected chi connectivity index (χ3v) is 4.41. The monoisotopic (exact) mass is 437 g/mol. The fourth-order valence-electron chi connectivity index (χ4n) is 2.59.